The van der Waals surface area contributed by atoms with Crippen molar-refractivity contribution >= 4 is 5.91 Å². The van der Waals surface area contributed by atoms with E-state index in [1.807, 2.05) is 14.1 Å². The average molecular weight is 281 g/mol. The molecule has 2 atom stereocenters. The minimum absolute atomic E-state index is 0.0324. The second-order valence-electron chi connectivity index (χ2n) is 7.44. The van der Waals surface area contributed by atoms with Gasteiger partial charge in [-0.3, -0.25) is 9.69 Å². The van der Waals surface area contributed by atoms with Crippen LogP contribution in [0.5, 0.6) is 0 Å². The number of rotatable bonds is 2. The number of carbonyl (C=O) groups excluding carboxylic acids is 1. The summed E-state index contributed by atoms with van der Waals surface area (Å²) < 4.78 is 0. The van der Waals surface area contributed by atoms with Crippen LogP contribution in [0.25, 0.3) is 0 Å². The van der Waals surface area contributed by atoms with E-state index in [4.69, 9.17) is 0 Å². The Balaban J connectivity index is 2.06. The van der Waals surface area contributed by atoms with Gasteiger partial charge in [0.2, 0.25) is 5.91 Å². The Morgan fingerprint density at radius 3 is 2.70 bits per heavy atom. The van der Waals surface area contributed by atoms with Crippen LogP contribution >= 0.6 is 0 Å². The van der Waals surface area contributed by atoms with Crippen molar-refractivity contribution in [2.75, 3.05) is 33.7 Å². The molecule has 1 N–H and O–H groups in total. The minimum Gasteiger partial charge on any atom is -0.347 e. The van der Waals surface area contributed by atoms with E-state index in [0.717, 1.165) is 19.6 Å². The third kappa shape index (κ3) is 3.73. The van der Waals surface area contributed by atoms with Gasteiger partial charge >= 0.3 is 0 Å². The molecule has 0 bridgehead atoms. The lowest BCUT2D eigenvalue weighted by Crippen LogP contribution is -2.60. The predicted octanol–water partition coefficient (Wildman–Crippen LogP) is 1.71. The van der Waals surface area contributed by atoms with Gasteiger partial charge in [0.05, 0.1) is 0 Å². The molecule has 2 aliphatic rings. The SMILES string of the molecule is CN(C)C(=O)C1CNCCN1C1CCCC(C)(C)CC1. The van der Waals surface area contributed by atoms with Crippen LogP contribution in [0.4, 0.5) is 0 Å². The Labute approximate surface area is 123 Å². The van der Waals surface area contributed by atoms with Gasteiger partial charge in [-0.25, -0.2) is 0 Å². The fraction of sp³-hybridized carbons (Fsp3) is 0.938. The maximum Gasteiger partial charge on any atom is 0.240 e. The molecular formula is C16H31N3O. The molecule has 2 rings (SSSR count). The highest BCUT2D eigenvalue weighted by Crippen LogP contribution is 2.36. The third-order valence-corrected chi connectivity index (χ3v) is 5.02. The lowest BCUT2D eigenvalue weighted by Gasteiger charge is -2.41. The molecule has 1 saturated carbocycles. The van der Waals surface area contributed by atoms with E-state index in [1.54, 1.807) is 4.90 Å². The highest BCUT2D eigenvalue weighted by atomic mass is 16.2. The topological polar surface area (TPSA) is 35.6 Å². The first-order chi connectivity index (χ1) is 9.41. The van der Waals surface area contributed by atoms with Crippen LogP contribution in [-0.2, 0) is 4.79 Å². The summed E-state index contributed by atoms with van der Waals surface area (Å²) in [4.78, 5) is 16.6. The van der Waals surface area contributed by atoms with Crippen molar-refractivity contribution in [1.82, 2.24) is 15.1 Å². The van der Waals surface area contributed by atoms with Crippen LogP contribution in [0, 0.1) is 5.41 Å². The van der Waals surface area contributed by atoms with Gasteiger partial charge in [0.15, 0.2) is 0 Å². The number of hydrogen-bond acceptors (Lipinski definition) is 3. The van der Waals surface area contributed by atoms with Gasteiger partial charge in [0.1, 0.15) is 6.04 Å². The molecule has 1 aliphatic carbocycles. The molecule has 0 aromatic heterocycles. The Morgan fingerprint density at radius 2 is 2.00 bits per heavy atom. The van der Waals surface area contributed by atoms with E-state index in [9.17, 15) is 4.79 Å². The Hall–Kier alpha value is -0.610. The summed E-state index contributed by atoms with van der Waals surface area (Å²) in [6.07, 6.45) is 6.39. The summed E-state index contributed by atoms with van der Waals surface area (Å²) in [6.45, 7) is 7.59. The second-order valence-corrected chi connectivity index (χ2v) is 7.44. The minimum atomic E-state index is 0.0324. The molecule has 1 aliphatic heterocycles. The average Bonchev–Trinajstić information content (AvgIpc) is 2.59. The Morgan fingerprint density at radius 1 is 1.25 bits per heavy atom. The van der Waals surface area contributed by atoms with Gasteiger partial charge in [-0.1, -0.05) is 20.3 Å². The van der Waals surface area contributed by atoms with Crippen molar-refractivity contribution < 1.29 is 4.79 Å². The Bertz CT molecular complexity index is 341. The first-order valence-electron chi connectivity index (χ1n) is 8.08. The normalized spacial score (nSPS) is 31.6. The number of piperazine rings is 1. The van der Waals surface area contributed by atoms with E-state index < -0.39 is 0 Å². The molecule has 2 unspecified atom stereocenters. The summed E-state index contributed by atoms with van der Waals surface area (Å²) in [5.74, 6) is 0.251. The molecule has 4 nitrogen and oxygen atoms in total. The number of likely N-dealkylation sites (N-methyl/N-ethyl adjacent to an activating group) is 1. The van der Waals surface area contributed by atoms with E-state index in [2.05, 4.69) is 24.1 Å². The zero-order valence-corrected chi connectivity index (χ0v) is 13.6. The van der Waals surface area contributed by atoms with Crippen LogP contribution < -0.4 is 5.32 Å². The van der Waals surface area contributed by atoms with E-state index >= 15 is 0 Å². The molecule has 20 heavy (non-hydrogen) atoms. The van der Waals surface area contributed by atoms with Crippen molar-refractivity contribution in [3.8, 4) is 0 Å². The van der Waals surface area contributed by atoms with Gasteiger partial charge in [-0.05, 0) is 31.1 Å². The van der Waals surface area contributed by atoms with Crippen LogP contribution in [0.3, 0.4) is 0 Å². The molecule has 0 radical (unpaired) electrons. The van der Waals surface area contributed by atoms with Gasteiger partial charge < -0.3 is 10.2 Å². The number of carbonyl (C=O) groups is 1. The lowest BCUT2D eigenvalue weighted by atomic mass is 9.85. The van der Waals surface area contributed by atoms with Gasteiger partial charge in [0, 0.05) is 39.8 Å². The van der Waals surface area contributed by atoms with Crippen LogP contribution in [0.15, 0.2) is 0 Å². The van der Waals surface area contributed by atoms with E-state index in [0.29, 0.717) is 11.5 Å². The fourth-order valence-electron chi connectivity index (χ4n) is 3.66. The standard InChI is InChI=1S/C16H31N3O/c1-16(2)8-5-6-13(7-9-16)19-11-10-17-12-14(19)15(20)18(3)4/h13-14,17H,5-12H2,1-4H3. The van der Waals surface area contributed by atoms with Crippen molar-refractivity contribution in [3.63, 3.8) is 0 Å². The summed E-state index contributed by atoms with van der Waals surface area (Å²) in [6, 6.07) is 0.623. The Kier molecular flexibility index (Phi) is 5.08. The number of nitrogens with zero attached hydrogens (tertiary/aromatic N) is 2. The maximum absolute atomic E-state index is 12.4. The number of hydrogen-bond donors (Lipinski definition) is 1. The summed E-state index contributed by atoms with van der Waals surface area (Å²) in [5.41, 5.74) is 0.476. The molecule has 1 saturated heterocycles. The fourth-order valence-corrected chi connectivity index (χ4v) is 3.66. The molecule has 116 valence electrons. The smallest absolute Gasteiger partial charge is 0.240 e. The van der Waals surface area contributed by atoms with Crippen LogP contribution in [0.1, 0.15) is 46.0 Å². The zero-order chi connectivity index (χ0) is 14.8. The molecule has 0 aromatic carbocycles. The molecule has 4 heteroatoms. The van der Waals surface area contributed by atoms with Crippen LogP contribution in [-0.4, -0.2) is 61.5 Å². The van der Waals surface area contributed by atoms with Crippen LogP contribution in [0.2, 0.25) is 0 Å². The van der Waals surface area contributed by atoms with Crippen molar-refractivity contribution in [2.45, 2.75) is 58.0 Å². The highest BCUT2D eigenvalue weighted by Gasteiger charge is 2.36. The lowest BCUT2D eigenvalue weighted by molar-refractivity contribution is -0.136. The molecule has 1 heterocycles. The van der Waals surface area contributed by atoms with Crippen molar-refractivity contribution in [3.05, 3.63) is 0 Å². The monoisotopic (exact) mass is 281 g/mol. The highest BCUT2D eigenvalue weighted by molar-refractivity contribution is 5.81. The van der Waals surface area contributed by atoms with Gasteiger partial charge in [-0.2, -0.15) is 0 Å². The largest absolute Gasteiger partial charge is 0.347 e. The predicted molar refractivity (Wildman–Crippen MR) is 82.7 cm³/mol. The number of amides is 1. The zero-order valence-electron chi connectivity index (χ0n) is 13.6. The molecule has 1 amide bonds. The molecule has 0 aromatic rings. The summed E-state index contributed by atoms with van der Waals surface area (Å²) >= 11 is 0. The second kappa shape index (κ2) is 6.44. The third-order valence-electron chi connectivity index (χ3n) is 5.02. The van der Waals surface area contributed by atoms with E-state index in [1.165, 1.54) is 32.1 Å². The first kappa shape index (κ1) is 15.8. The quantitative estimate of drug-likeness (QED) is 0.783. The summed E-state index contributed by atoms with van der Waals surface area (Å²) in [7, 11) is 3.73. The summed E-state index contributed by atoms with van der Waals surface area (Å²) in [5, 5.41) is 3.38. The van der Waals surface area contributed by atoms with Crippen molar-refractivity contribution in [1.29, 1.82) is 0 Å². The van der Waals surface area contributed by atoms with Crippen molar-refractivity contribution in [2.24, 2.45) is 5.41 Å². The van der Waals surface area contributed by atoms with Gasteiger partial charge in [0.25, 0.3) is 0 Å². The number of nitrogens with one attached hydrogen (secondary N) is 1. The maximum atomic E-state index is 12.4. The van der Waals surface area contributed by atoms with Gasteiger partial charge in [-0.15, -0.1) is 0 Å². The molecular weight excluding hydrogens is 250 g/mol. The molecule has 2 fully saturated rings. The molecule has 0 spiro atoms. The first-order valence-corrected chi connectivity index (χ1v) is 8.08. The van der Waals surface area contributed by atoms with E-state index in [-0.39, 0.29) is 11.9 Å².